The Hall–Kier alpha value is -1.30. The minimum atomic E-state index is 0.376. The van der Waals surface area contributed by atoms with Gasteiger partial charge in [-0.1, -0.05) is 24.0 Å². The van der Waals surface area contributed by atoms with E-state index in [4.69, 9.17) is 4.74 Å². The van der Waals surface area contributed by atoms with E-state index in [1.165, 1.54) is 18.4 Å². The highest BCUT2D eigenvalue weighted by atomic mass is 16.5. The number of hydrogen-bond donors (Lipinski definition) is 1. The summed E-state index contributed by atoms with van der Waals surface area (Å²) in [5, 5.41) is 3.33. The van der Waals surface area contributed by atoms with Crippen LogP contribution < -0.4 is 5.32 Å². The predicted octanol–water partition coefficient (Wildman–Crippen LogP) is 2.50. The monoisotopic (exact) mass is 243 g/mol. The van der Waals surface area contributed by atoms with Crippen LogP contribution in [0.1, 0.15) is 30.9 Å². The van der Waals surface area contributed by atoms with Gasteiger partial charge in [0.2, 0.25) is 0 Å². The van der Waals surface area contributed by atoms with Crippen LogP contribution >= 0.6 is 0 Å². The van der Waals surface area contributed by atoms with E-state index < -0.39 is 0 Å². The van der Waals surface area contributed by atoms with Crippen LogP contribution in [0.4, 0.5) is 0 Å². The summed E-state index contributed by atoms with van der Waals surface area (Å²) in [6.07, 6.45) is 3.15. The molecule has 2 unspecified atom stereocenters. The topological polar surface area (TPSA) is 21.3 Å². The zero-order valence-corrected chi connectivity index (χ0v) is 11.2. The highest BCUT2D eigenvalue weighted by Crippen LogP contribution is 2.17. The first-order valence-electron chi connectivity index (χ1n) is 6.66. The van der Waals surface area contributed by atoms with Crippen LogP contribution in [0, 0.1) is 18.8 Å². The van der Waals surface area contributed by atoms with Crippen molar-refractivity contribution in [2.24, 2.45) is 0 Å². The first-order valence-corrected chi connectivity index (χ1v) is 6.66. The van der Waals surface area contributed by atoms with Gasteiger partial charge in [-0.2, -0.15) is 0 Å². The fourth-order valence-corrected chi connectivity index (χ4v) is 2.20. The molecular formula is C16H21NO. The summed E-state index contributed by atoms with van der Waals surface area (Å²) in [6, 6.07) is 8.28. The Labute approximate surface area is 110 Å². The predicted molar refractivity (Wildman–Crippen MR) is 74.5 cm³/mol. The van der Waals surface area contributed by atoms with Crippen molar-refractivity contribution in [3.8, 4) is 11.8 Å². The van der Waals surface area contributed by atoms with E-state index in [1.54, 1.807) is 0 Å². The lowest BCUT2D eigenvalue weighted by Gasteiger charge is -2.10. The molecule has 0 amide bonds. The lowest BCUT2D eigenvalue weighted by Crippen LogP contribution is -2.27. The van der Waals surface area contributed by atoms with Crippen molar-refractivity contribution in [3.05, 3.63) is 35.4 Å². The molecule has 2 nitrogen and oxygen atoms in total. The van der Waals surface area contributed by atoms with E-state index in [-0.39, 0.29) is 0 Å². The highest BCUT2D eigenvalue weighted by Gasteiger charge is 2.20. The van der Waals surface area contributed by atoms with Gasteiger partial charge < -0.3 is 10.1 Å². The summed E-state index contributed by atoms with van der Waals surface area (Å²) in [7, 11) is 0. The standard InChI is InChI=1S/C16H21NO/c1-13-5-3-6-15(11-13)7-4-10-17-12-16-9-8-14(2)18-16/h3,5-6,11,14,16-17H,8-10,12H2,1-2H3. The summed E-state index contributed by atoms with van der Waals surface area (Å²) in [5.74, 6) is 6.31. The van der Waals surface area contributed by atoms with Crippen molar-refractivity contribution in [1.82, 2.24) is 5.32 Å². The van der Waals surface area contributed by atoms with E-state index in [1.807, 2.05) is 12.1 Å². The lowest BCUT2D eigenvalue weighted by molar-refractivity contribution is 0.0567. The molecule has 1 aliphatic rings. The maximum absolute atomic E-state index is 5.73. The molecule has 1 fully saturated rings. The second-order valence-electron chi connectivity index (χ2n) is 4.95. The number of ether oxygens (including phenoxy) is 1. The number of aryl methyl sites for hydroxylation is 1. The summed E-state index contributed by atoms with van der Waals surface area (Å²) >= 11 is 0. The van der Waals surface area contributed by atoms with Gasteiger partial charge in [0.1, 0.15) is 0 Å². The Morgan fingerprint density at radius 1 is 1.39 bits per heavy atom. The third-order valence-electron chi connectivity index (χ3n) is 3.16. The molecule has 0 spiro atoms. The van der Waals surface area contributed by atoms with Gasteiger partial charge in [-0.15, -0.1) is 0 Å². The molecule has 18 heavy (non-hydrogen) atoms. The van der Waals surface area contributed by atoms with Crippen LogP contribution in [0.25, 0.3) is 0 Å². The molecule has 1 N–H and O–H groups in total. The molecule has 0 bridgehead atoms. The van der Waals surface area contributed by atoms with Gasteiger partial charge in [0.15, 0.2) is 0 Å². The van der Waals surface area contributed by atoms with Gasteiger partial charge in [-0.05, 0) is 44.4 Å². The fraction of sp³-hybridized carbons (Fsp3) is 0.500. The molecular weight excluding hydrogens is 222 g/mol. The Balaban J connectivity index is 1.69. The summed E-state index contributed by atoms with van der Waals surface area (Å²) in [4.78, 5) is 0. The maximum atomic E-state index is 5.73. The van der Waals surface area contributed by atoms with Crippen LogP contribution in [-0.4, -0.2) is 25.3 Å². The normalized spacial score (nSPS) is 22.6. The minimum absolute atomic E-state index is 0.376. The Morgan fingerprint density at radius 3 is 3.00 bits per heavy atom. The van der Waals surface area contributed by atoms with Gasteiger partial charge in [0.05, 0.1) is 18.8 Å². The van der Waals surface area contributed by atoms with Gasteiger partial charge in [-0.3, -0.25) is 0 Å². The lowest BCUT2D eigenvalue weighted by atomic mass is 10.1. The van der Waals surface area contributed by atoms with Crippen molar-refractivity contribution >= 4 is 0 Å². The third-order valence-corrected chi connectivity index (χ3v) is 3.16. The summed E-state index contributed by atoms with van der Waals surface area (Å²) in [5.41, 5.74) is 2.34. The van der Waals surface area contributed by atoms with Crippen molar-refractivity contribution < 1.29 is 4.74 Å². The second kappa shape index (κ2) is 6.58. The summed E-state index contributed by atoms with van der Waals surface area (Å²) in [6.45, 7) is 5.86. The summed E-state index contributed by atoms with van der Waals surface area (Å²) < 4.78 is 5.73. The average molecular weight is 243 g/mol. The molecule has 0 saturated carbocycles. The first-order chi connectivity index (χ1) is 8.74. The Bertz CT molecular complexity index is 444. The van der Waals surface area contributed by atoms with Crippen LogP contribution in [0.3, 0.4) is 0 Å². The van der Waals surface area contributed by atoms with Gasteiger partial charge in [0, 0.05) is 12.1 Å². The van der Waals surface area contributed by atoms with Crippen LogP contribution in [0.5, 0.6) is 0 Å². The third kappa shape index (κ3) is 4.18. The Kier molecular flexibility index (Phi) is 4.81. The molecule has 0 aliphatic carbocycles. The smallest absolute Gasteiger partial charge is 0.0704 e. The van der Waals surface area contributed by atoms with Crippen molar-refractivity contribution in [2.75, 3.05) is 13.1 Å². The SMILES string of the molecule is Cc1cccc(C#CCNCC2CCC(C)O2)c1. The number of rotatable bonds is 3. The van der Waals surface area contributed by atoms with Gasteiger partial charge in [-0.25, -0.2) is 0 Å². The van der Waals surface area contributed by atoms with Crippen molar-refractivity contribution in [3.63, 3.8) is 0 Å². The number of nitrogens with one attached hydrogen (secondary N) is 1. The van der Waals surface area contributed by atoms with E-state index in [2.05, 4.69) is 43.1 Å². The van der Waals surface area contributed by atoms with Gasteiger partial charge >= 0.3 is 0 Å². The van der Waals surface area contributed by atoms with Crippen molar-refractivity contribution in [1.29, 1.82) is 0 Å². The largest absolute Gasteiger partial charge is 0.374 e. The molecule has 0 aromatic heterocycles. The average Bonchev–Trinajstić information content (AvgIpc) is 2.75. The molecule has 2 atom stereocenters. The van der Waals surface area contributed by atoms with Crippen LogP contribution in [-0.2, 0) is 4.74 Å². The molecule has 1 aromatic carbocycles. The highest BCUT2D eigenvalue weighted by molar-refractivity contribution is 5.36. The van der Waals surface area contributed by atoms with E-state index in [9.17, 15) is 0 Å². The Morgan fingerprint density at radius 2 is 2.28 bits per heavy atom. The van der Waals surface area contributed by atoms with Crippen LogP contribution in [0.2, 0.25) is 0 Å². The molecule has 0 radical (unpaired) electrons. The number of hydrogen-bond acceptors (Lipinski definition) is 2. The quantitative estimate of drug-likeness (QED) is 0.650. The maximum Gasteiger partial charge on any atom is 0.0704 e. The molecule has 96 valence electrons. The molecule has 1 saturated heterocycles. The van der Waals surface area contributed by atoms with Crippen LogP contribution in [0.15, 0.2) is 24.3 Å². The zero-order chi connectivity index (χ0) is 12.8. The number of benzene rings is 1. The van der Waals surface area contributed by atoms with Crippen molar-refractivity contribution in [2.45, 2.75) is 38.9 Å². The van der Waals surface area contributed by atoms with E-state index in [0.717, 1.165) is 18.7 Å². The second-order valence-corrected chi connectivity index (χ2v) is 4.95. The zero-order valence-electron chi connectivity index (χ0n) is 11.2. The molecule has 2 heteroatoms. The fourth-order valence-electron chi connectivity index (χ4n) is 2.20. The molecule has 1 aromatic rings. The van der Waals surface area contributed by atoms with E-state index in [0.29, 0.717) is 12.2 Å². The molecule has 1 aliphatic heterocycles. The molecule has 1 heterocycles. The first kappa shape index (κ1) is 13.1. The van der Waals surface area contributed by atoms with E-state index >= 15 is 0 Å². The van der Waals surface area contributed by atoms with Gasteiger partial charge in [0.25, 0.3) is 0 Å². The minimum Gasteiger partial charge on any atom is -0.374 e. The molecule has 2 rings (SSSR count).